The SMILES string of the molecule is CCCCCCCCCCCCC/C=C/CCCCCCCOC(=O)c1ccc(S(=O)(=O)O)cc1C(=O)OCCCCCCC/C=C/CCCCCCCCCCCCC. The van der Waals surface area contributed by atoms with E-state index in [-0.39, 0.29) is 24.3 Å². The molecule has 0 spiro atoms. The second-order valence-electron chi connectivity index (χ2n) is 17.2. The molecule has 346 valence electrons. The second kappa shape index (κ2) is 40.6. The average Bonchev–Trinajstić information content (AvgIpc) is 3.24. The number of hydrogen-bond donors (Lipinski definition) is 1. The number of hydrogen-bond acceptors (Lipinski definition) is 6. The van der Waals surface area contributed by atoms with Crippen LogP contribution < -0.4 is 0 Å². The third kappa shape index (κ3) is 33.2. The van der Waals surface area contributed by atoms with E-state index in [1.807, 2.05) is 0 Å². The summed E-state index contributed by atoms with van der Waals surface area (Å²) in [5.74, 6) is -1.51. The van der Waals surface area contributed by atoms with Gasteiger partial charge in [-0.25, -0.2) is 9.59 Å². The van der Waals surface area contributed by atoms with E-state index in [9.17, 15) is 22.6 Å². The number of benzene rings is 1. The summed E-state index contributed by atoms with van der Waals surface area (Å²) in [6.45, 7) is 4.92. The van der Waals surface area contributed by atoms with Gasteiger partial charge in [0, 0.05) is 0 Å². The molecule has 0 aromatic heterocycles. The molecule has 0 aliphatic heterocycles. The van der Waals surface area contributed by atoms with Crippen LogP contribution >= 0.6 is 0 Å². The molecule has 0 unspecified atom stereocenters. The van der Waals surface area contributed by atoms with Crippen LogP contribution in [-0.4, -0.2) is 38.1 Å². The Kier molecular flexibility index (Phi) is 37.6. The van der Waals surface area contributed by atoms with Crippen molar-refractivity contribution < 1.29 is 32.0 Å². The molecule has 1 aromatic carbocycles. The number of esters is 2. The summed E-state index contributed by atoms with van der Waals surface area (Å²) in [6, 6.07) is 3.30. The fraction of sp³-hybridized carbons (Fsp3) is 0.769. The molecule has 1 rings (SSSR count). The molecule has 0 aliphatic rings. The summed E-state index contributed by atoms with van der Waals surface area (Å²) in [6.07, 6.45) is 53.9. The Bertz CT molecular complexity index is 1340. The maximum atomic E-state index is 13.0. The van der Waals surface area contributed by atoms with Crippen molar-refractivity contribution in [3.63, 3.8) is 0 Å². The smallest absolute Gasteiger partial charge is 0.339 e. The third-order valence-corrected chi connectivity index (χ3v) is 12.4. The van der Waals surface area contributed by atoms with Crippen LogP contribution in [0.15, 0.2) is 47.4 Å². The zero-order valence-electron chi connectivity index (χ0n) is 38.7. The van der Waals surface area contributed by atoms with Crippen LogP contribution in [0.25, 0.3) is 0 Å². The lowest BCUT2D eigenvalue weighted by molar-refractivity contribution is 0.0450. The highest BCUT2D eigenvalue weighted by Crippen LogP contribution is 2.20. The highest BCUT2D eigenvalue weighted by atomic mass is 32.2. The van der Waals surface area contributed by atoms with Crippen molar-refractivity contribution >= 4 is 22.1 Å². The minimum Gasteiger partial charge on any atom is -0.462 e. The molecule has 1 aromatic rings. The van der Waals surface area contributed by atoms with Gasteiger partial charge in [0.15, 0.2) is 0 Å². The van der Waals surface area contributed by atoms with Gasteiger partial charge in [0.2, 0.25) is 0 Å². The number of allylic oxidation sites excluding steroid dienone is 4. The van der Waals surface area contributed by atoms with Gasteiger partial charge in [-0.05, 0) is 82.4 Å². The molecule has 0 bridgehead atoms. The first kappa shape index (κ1) is 55.6. The Labute approximate surface area is 369 Å². The number of unbranched alkanes of at least 4 members (excludes halogenated alkanes) is 32. The molecule has 0 saturated carbocycles. The Hall–Kier alpha value is -2.45. The average molecular weight is 859 g/mol. The van der Waals surface area contributed by atoms with E-state index in [1.165, 1.54) is 160 Å². The monoisotopic (exact) mass is 859 g/mol. The van der Waals surface area contributed by atoms with Crippen molar-refractivity contribution in [1.82, 2.24) is 0 Å². The Balaban J connectivity index is 2.16. The van der Waals surface area contributed by atoms with Gasteiger partial charge in [-0.15, -0.1) is 0 Å². The topological polar surface area (TPSA) is 107 Å². The minimum absolute atomic E-state index is 0.0658. The third-order valence-electron chi connectivity index (χ3n) is 11.5. The van der Waals surface area contributed by atoms with Gasteiger partial charge in [-0.3, -0.25) is 4.55 Å². The summed E-state index contributed by atoms with van der Waals surface area (Å²) in [7, 11) is -4.57. The fourth-order valence-corrected chi connectivity index (χ4v) is 8.14. The molecular formula is C52H90O7S. The number of ether oxygens (including phenoxy) is 2. The number of carbonyl (C=O) groups excluding carboxylic acids is 2. The summed E-state index contributed by atoms with van der Waals surface area (Å²) >= 11 is 0. The van der Waals surface area contributed by atoms with E-state index < -0.39 is 27.0 Å². The lowest BCUT2D eigenvalue weighted by Crippen LogP contribution is -2.16. The first-order valence-electron chi connectivity index (χ1n) is 25.1. The lowest BCUT2D eigenvalue weighted by Gasteiger charge is -2.11. The van der Waals surface area contributed by atoms with Crippen molar-refractivity contribution in [1.29, 1.82) is 0 Å². The maximum absolute atomic E-state index is 13.0. The molecule has 0 saturated heterocycles. The molecular weight excluding hydrogens is 769 g/mol. The summed E-state index contributed by atoms with van der Waals surface area (Å²) in [5.41, 5.74) is -0.282. The predicted molar refractivity (Wildman–Crippen MR) is 253 cm³/mol. The highest BCUT2D eigenvalue weighted by molar-refractivity contribution is 7.85. The zero-order valence-corrected chi connectivity index (χ0v) is 39.5. The lowest BCUT2D eigenvalue weighted by atomic mass is 10.1. The highest BCUT2D eigenvalue weighted by Gasteiger charge is 2.23. The van der Waals surface area contributed by atoms with Gasteiger partial charge >= 0.3 is 11.9 Å². The van der Waals surface area contributed by atoms with Gasteiger partial charge in [0.25, 0.3) is 10.1 Å². The van der Waals surface area contributed by atoms with Crippen molar-refractivity contribution in [2.75, 3.05) is 13.2 Å². The molecule has 0 heterocycles. The number of carbonyl (C=O) groups is 2. The zero-order chi connectivity index (χ0) is 43.6. The van der Waals surface area contributed by atoms with E-state index in [1.54, 1.807) is 0 Å². The van der Waals surface area contributed by atoms with E-state index in [2.05, 4.69) is 38.2 Å². The van der Waals surface area contributed by atoms with E-state index >= 15 is 0 Å². The quantitative estimate of drug-likeness (QED) is 0.0302. The molecule has 1 N–H and O–H groups in total. The Morgan fingerprint density at radius 1 is 0.433 bits per heavy atom. The van der Waals surface area contributed by atoms with E-state index in [0.717, 1.165) is 76.3 Å². The largest absolute Gasteiger partial charge is 0.462 e. The normalized spacial score (nSPS) is 11.9. The molecule has 60 heavy (non-hydrogen) atoms. The second-order valence-corrected chi connectivity index (χ2v) is 18.6. The Morgan fingerprint density at radius 3 is 1.03 bits per heavy atom. The van der Waals surface area contributed by atoms with Gasteiger partial charge in [-0.1, -0.05) is 205 Å². The number of rotatable bonds is 43. The van der Waals surface area contributed by atoms with Crippen molar-refractivity contribution in [3.05, 3.63) is 53.6 Å². The summed E-state index contributed by atoms with van der Waals surface area (Å²) in [4.78, 5) is 25.5. The van der Waals surface area contributed by atoms with Crippen LogP contribution in [0, 0.1) is 0 Å². The van der Waals surface area contributed by atoms with Gasteiger partial charge in [-0.2, -0.15) is 8.42 Å². The van der Waals surface area contributed by atoms with Crippen LogP contribution in [0.2, 0.25) is 0 Å². The molecule has 0 radical (unpaired) electrons. The van der Waals surface area contributed by atoms with Crippen LogP contribution in [0.5, 0.6) is 0 Å². The predicted octanol–water partition coefficient (Wildman–Crippen LogP) is 16.4. The summed E-state index contributed by atoms with van der Waals surface area (Å²) < 4.78 is 44.1. The first-order valence-corrected chi connectivity index (χ1v) is 26.5. The molecule has 0 fully saturated rings. The standard InChI is InChI=1S/C52H90O7S/c1-3-5-7-9-11-13-15-17-19-21-23-25-27-29-31-33-35-37-39-41-45-58-51(53)49-44-43-48(60(55,56)57)47-50(49)52(54)59-46-42-40-38-36-34-32-30-28-26-24-22-20-18-16-14-12-10-8-6-4-2/h27-30,43-44,47H,3-26,31-42,45-46H2,1-2H3,(H,55,56,57)/b29-27+,30-28+. The van der Waals surface area contributed by atoms with Crippen molar-refractivity contribution in [2.45, 2.75) is 250 Å². The van der Waals surface area contributed by atoms with Crippen molar-refractivity contribution in [3.8, 4) is 0 Å². The van der Waals surface area contributed by atoms with E-state index in [0.29, 0.717) is 12.8 Å². The van der Waals surface area contributed by atoms with Gasteiger partial charge in [0.05, 0.1) is 29.2 Å². The molecule has 8 heteroatoms. The molecule has 0 amide bonds. The fourth-order valence-electron chi connectivity index (χ4n) is 7.63. The van der Waals surface area contributed by atoms with E-state index in [4.69, 9.17) is 9.47 Å². The van der Waals surface area contributed by atoms with Gasteiger partial charge < -0.3 is 9.47 Å². The van der Waals surface area contributed by atoms with Crippen LogP contribution in [0.3, 0.4) is 0 Å². The van der Waals surface area contributed by atoms with Gasteiger partial charge in [0.1, 0.15) is 0 Å². The Morgan fingerprint density at radius 2 is 0.717 bits per heavy atom. The first-order chi connectivity index (χ1) is 29.3. The summed E-state index contributed by atoms with van der Waals surface area (Å²) in [5, 5.41) is 0. The minimum atomic E-state index is -4.57. The molecule has 7 nitrogen and oxygen atoms in total. The van der Waals surface area contributed by atoms with Crippen LogP contribution in [-0.2, 0) is 19.6 Å². The van der Waals surface area contributed by atoms with Crippen molar-refractivity contribution in [2.24, 2.45) is 0 Å². The molecule has 0 atom stereocenters. The van der Waals surface area contributed by atoms with Crippen LogP contribution in [0.1, 0.15) is 266 Å². The van der Waals surface area contributed by atoms with Crippen LogP contribution in [0.4, 0.5) is 0 Å². The maximum Gasteiger partial charge on any atom is 0.339 e. The molecule has 0 aliphatic carbocycles.